The quantitative estimate of drug-likeness (QED) is 0.785. The van der Waals surface area contributed by atoms with E-state index in [0.717, 1.165) is 5.82 Å². The smallest absolute Gasteiger partial charge is 0.154 e. The topological polar surface area (TPSA) is 50.3 Å². The second-order valence-corrected chi connectivity index (χ2v) is 7.29. The van der Waals surface area contributed by atoms with E-state index < -0.39 is 9.84 Å². The van der Waals surface area contributed by atoms with Gasteiger partial charge in [-0.05, 0) is 19.1 Å². The van der Waals surface area contributed by atoms with E-state index in [2.05, 4.69) is 4.98 Å². The molecule has 0 aromatic carbocycles. The van der Waals surface area contributed by atoms with Gasteiger partial charge in [-0.25, -0.2) is 13.4 Å². The average molecular weight is 309 g/mol. The highest BCUT2D eigenvalue weighted by molar-refractivity contribution is 7.91. The van der Waals surface area contributed by atoms with Crippen molar-refractivity contribution in [1.82, 2.24) is 4.98 Å². The van der Waals surface area contributed by atoms with Gasteiger partial charge in [0.15, 0.2) is 9.84 Å². The van der Waals surface area contributed by atoms with Crippen LogP contribution in [-0.2, 0) is 15.7 Å². The normalized spacial score (nSPS) is 23.1. The fourth-order valence-electron chi connectivity index (χ4n) is 2.07. The molecule has 0 bridgehead atoms. The Morgan fingerprint density at radius 3 is 2.83 bits per heavy atom. The standard InChI is InChI=1S/C11H14Cl2N2O2S/c1-8-7-18(16,17)5-4-15(8)11-3-2-9(13)10(6-12)14-11/h2-3,8H,4-7H2,1H3. The number of sulfone groups is 1. The molecule has 0 aliphatic carbocycles. The Morgan fingerprint density at radius 2 is 2.22 bits per heavy atom. The highest BCUT2D eigenvalue weighted by atomic mass is 35.5. The molecule has 0 amide bonds. The first kappa shape index (κ1) is 13.9. The van der Waals surface area contributed by atoms with Gasteiger partial charge in [0, 0.05) is 12.6 Å². The molecule has 1 aromatic heterocycles. The third kappa shape index (κ3) is 2.90. The maximum absolute atomic E-state index is 11.5. The Bertz CT molecular complexity index is 548. The van der Waals surface area contributed by atoms with Crippen molar-refractivity contribution in [3.8, 4) is 0 Å². The molecule has 100 valence electrons. The second-order valence-electron chi connectivity index (χ2n) is 4.39. The lowest BCUT2D eigenvalue weighted by atomic mass is 10.3. The van der Waals surface area contributed by atoms with E-state index in [-0.39, 0.29) is 23.4 Å². The monoisotopic (exact) mass is 308 g/mol. The summed E-state index contributed by atoms with van der Waals surface area (Å²) in [5.41, 5.74) is 0.622. The third-order valence-electron chi connectivity index (χ3n) is 3.00. The Labute approximate surface area is 117 Å². The molecule has 1 atom stereocenters. The number of hydrogen-bond acceptors (Lipinski definition) is 4. The highest BCUT2D eigenvalue weighted by Crippen LogP contribution is 2.24. The van der Waals surface area contributed by atoms with Crippen LogP contribution in [0, 0.1) is 0 Å². The number of hydrogen-bond donors (Lipinski definition) is 0. The van der Waals surface area contributed by atoms with E-state index in [1.807, 2.05) is 11.8 Å². The summed E-state index contributed by atoms with van der Waals surface area (Å²) in [5, 5.41) is 0.533. The van der Waals surface area contributed by atoms with Crippen molar-refractivity contribution in [2.45, 2.75) is 18.8 Å². The molecule has 2 rings (SSSR count). The summed E-state index contributed by atoms with van der Waals surface area (Å²) >= 11 is 11.7. The Balaban J connectivity index is 2.27. The van der Waals surface area contributed by atoms with Crippen LogP contribution in [0.3, 0.4) is 0 Å². The van der Waals surface area contributed by atoms with E-state index in [9.17, 15) is 8.42 Å². The maximum Gasteiger partial charge on any atom is 0.154 e. The van der Waals surface area contributed by atoms with Crippen molar-refractivity contribution in [2.24, 2.45) is 0 Å². The van der Waals surface area contributed by atoms with E-state index in [4.69, 9.17) is 23.2 Å². The first-order valence-electron chi connectivity index (χ1n) is 5.61. The number of alkyl halides is 1. The van der Waals surface area contributed by atoms with Crippen LogP contribution in [0.5, 0.6) is 0 Å². The minimum Gasteiger partial charge on any atom is -0.352 e. The predicted molar refractivity (Wildman–Crippen MR) is 74.3 cm³/mol. The SMILES string of the molecule is CC1CS(=O)(=O)CCN1c1ccc(Cl)c(CCl)n1. The summed E-state index contributed by atoms with van der Waals surface area (Å²) in [4.78, 5) is 6.36. The number of halogens is 2. The van der Waals surface area contributed by atoms with Gasteiger partial charge < -0.3 is 4.90 Å². The third-order valence-corrected chi connectivity index (χ3v) is 5.39. The van der Waals surface area contributed by atoms with Gasteiger partial charge in [-0.2, -0.15) is 0 Å². The zero-order chi connectivity index (χ0) is 13.3. The number of pyridine rings is 1. The molecule has 7 heteroatoms. The molecule has 4 nitrogen and oxygen atoms in total. The average Bonchev–Trinajstić information content (AvgIpc) is 2.29. The van der Waals surface area contributed by atoms with Crippen molar-refractivity contribution in [3.05, 3.63) is 22.8 Å². The van der Waals surface area contributed by atoms with Crippen molar-refractivity contribution in [2.75, 3.05) is 23.0 Å². The molecule has 0 spiro atoms. The summed E-state index contributed by atoms with van der Waals surface area (Å²) in [6, 6.07) is 3.46. The molecule has 1 aliphatic heterocycles. The fraction of sp³-hybridized carbons (Fsp3) is 0.545. The van der Waals surface area contributed by atoms with Crippen LogP contribution in [0.4, 0.5) is 5.82 Å². The lowest BCUT2D eigenvalue weighted by molar-refractivity contribution is 0.566. The lowest BCUT2D eigenvalue weighted by Crippen LogP contribution is -2.47. The summed E-state index contributed by atoms with van der Waals surface area (Å²) in [5.74, 6) is 1.30. The fourth-order valence-corrected chi connectivity index (χ4v) is 4.07. The Morgan fingerprint density at radius 1 is 1.50 bits per heavy atom. The van der Waals surface area contributed by atoms with Gasteiger partial charge in [-0.15, -0.1) is 11.6 Å². The number of rotatable bonds is 2. The molecule has 1 fully saturated rings. The summed E-state index contributed by atoms with van der Waals surface area (Å²) in [7, 11) is -2.92. The summed E-state index contributed by atoms with van der Waals surface area (Å²) in [6.07, 6.45) is 0. The van der Waals surface area contributed by atoms with Gasteiger partial charge in [0.1, 0.15) is 5.82 Å². The maximum atomic E-state index is 11.5. The lowest BCUT2D eigenvalue weighted by Gasteiger charge is -2.34. The van der Waals surface area contributed by atoms with Gasteiger partial charge in [0.25, 0.3) is 0 Å². The Hall–Kier alpha value is -0.520. The van der Waals surface area contributed by atoms with Gasteiger partial charge in [0.2, 0.25) is 0 Å². The number of aromatic nitrogens is 1. The van der Waals surface area contributed by atoms with Crippen LogP contribution in [0.25, 0.3) is 0 Å². The largest absolute Gasteiger partial charge is 0.352 e. The zero-order valence-corrected chi connectivity index (χ0v) is 12.3. The van der Waals surface area contributed by atoms with E-state index in [1.54, 1.807) is 12.1 Å². The first-order chi connectivity index (χ1) is 8.43. The van der Waals surface area contributed by atoms with E-state index in [0.29, 0.717) is 17.3 Å². The van der Waals surface area contributed by atoms with Gasteiger partial charge in [0.05, 0.1) is 28.1 Å². The first-order valence-corrected chi connectivity index (χ1v) is 8.35. The highest BCUT2D eigenvalue weighted by Gasteiger charge is 2.29. The van der Waals surface area contributed by atoms with Gasteiger partial charge in [-0.1, -0.05) is 11.6 Å². The molecule has 1 unspecified atom stereocenters. The molecule has 1 aliphatic rings. The molecular formula is C11H14Cl2N2O2S. The van der Waals surface area contributed by atoms with Crippen LogP contribution in [0.1, 0.15) is 12.6 Å². The molecule has 1 aromatic rings. The Kier molecular flexibility index (Phi) is 4.04. The van der Waals surface area contributed by atoms with Crippen LogP contribution in [-0.4, -0.2) is 37.5 Å². The van der Waals surface area contributed by atoms with Crippen LogP contribution >= 0.6 is 23.2 Å². The predicted octanol–water partition coefficient (Wildman–Crippen LogP) is 2.10. The van der Waals surface area contributed by atoms with Crippen LogP contribution in [0.15, 0.2) is 12.1 Å². The van der Waals surface area contributed by atoms with Crippen molar-refractivity contribution < 1.29 is 8.42 Å². The van der Waals surface area contributed by atoms with E-state index >= 15 is 0 Å². The molecular weight excluding hydrogens is 295 g/mol. The van der Waals surface area contributed by atoms with Crippen molar-refractivity contribution in [1.29, 1.82) is 0 Å². The molecule has 0 radical (unpaired) electrons. The van der Waals surface area contributed by atoms with Crippen molar-refractivity contribution >= 4 is 38.9 Å². The van der Waals surface area contributed by atoms with E-state index in [1.165, 1.54) is 0 Å². The zero-order valence-electron chi connectivity index (χ0n) is 9.94. The molecule has 1 saturated heterocycles. The molecule has 18 heavy (non-hydrogen) atoms. The molecule has 0 N–H and O–H groups in total. The van der Waals surface area contributed by atoms with Crippen LogP contribution < -0.4 is 4.90 Å². The van der Waals surface area contributed by atoms with Crippen LogP contribution in [0.2, 0.25) is 5.02 Å². The number of anilines is 1. The minimum atomic E-state index is -2.92. The summed E-state index contributed by atoms with van der Waals surface area (Å²) < 4.78 is 23.1. The summed E-state index contributed by atoms with van der Waals surface area (Å²) in [6.45, 7) is 2.34. The van der Waals surface area contributed by atoms with Gasteiger partial charge in [-0.3, -0.25) is 0 Å². The second kappa shape index (κ2) is 5.23. The molecule has 0 saturated carbocycles. The minimum absolute atomic E-state index is 0.0828. The number of nitrogens with zero attached hydrogens (tertiary/aromatic N) is 2. The van der Waals surface area contributed by atoms with Crippen molar-refractivity contribution in [3.63, 3.8) is 0 Å². The van der Waals surface area contributed by atoms with Gasteiger partial charge >= 0.3 is 0 Å². The molecule has 2 heterocycles.